The van der Waals surface area contributed by atoms with E-state index in [0.29, 0.717) is 0 Å². The van der Waals surface area contributed by atoms with Gasteiger partial charge in [0.05, 0.1) is 0 Å². The molecule has 0 unspecified atom stereocenters. The van der Waals surface area contributed by atoms with E-state index in [4.69, 9.17) is 4.79 Å². The molecule has 0 N–H and O–H groups in total. The molecular formula is C24H46F2O. The summed E-state index contributed by atoms with van der Waals surface area (Å²) in [6.45, 7) is 20.7. The van der Waals surface area contributed by atoms with Gasteiger partial charge in [0.25, 0.3) is 0 Å². The molecule has 162 valence electrons. The SMILES string of the molecule is CC.CC(C)C.CC=O.CCCCCC(C)C.CCc1ccc(F)c(F)c1. The smallest absolute Gasteiger partial charge is 0.159 e. The van der Waals surface area contributed by atoms with E-state index in [-0.39, 0.29) is 0 Å². The van der Waals surface area contributed by atoms with Crippen molar-refractivity contribution in [2.45, 2.75) is 101 Å². The van der Waals surface area contributed by atoms with Crippen LogP contribution in [0.25, 0.3) is 0 Å². The van der Waals surface area contributed by atoms with Crippen molar-refractivity contribution in [2.75, 3.05) is 0 Å². The Morgan fingerprint density at radius 1 is 0.926 bits per heavy atom. The van der Waals surface area contributed by atoms with E-state index < -0.39 is 11.6 Å². The summed E-state index contributed by atoms with van der Waals surface area (Å²) in [6.07, 6.45) is 7.09. The van der Waals surface area contributed by atoms with Gasteiger partial charge in [0.15, 0.2) is 11.6 Å². The third-order valence-corrected chi connectivity index (χ3v) is 2.78. The molecule has 1 aromatic carbocycles. The number of unbranched alkanes of at least 4 members (excludes halogenated alkanes) is 2. The first-order chi connectivity index (χ1) is 12.7. The summed E-state index contributed by atoms with van der Waals surface area (Å²) in [6, 6.07) is 3.95. The molecule has 0 radical (unpaired) electrons. The Morgan fingerprint density at radius 3 is 1.67 bits per heavy atom. The summed E-state index contributed by atoms with van der Waals surface area (Å²) >= 11 is 0. The molecule has 1 nitrogen and oxygen atoms in total. The van der Waals surface area contributed by atoms with Crippen LogP contribution in [0.4, 0.5) is 8.78 Å². The van der Waals surface area contributed by atoms with Crippen molar-refractivity contribution in [1.82, 2.24) is 0 Å². The lowest BCUT2D eigenvalue weighted by molar-refractivity contribution is -0.106. The number of carbonyl (C=O) groups excluding carboxylic acids is 1. The molecule has 0 fully saturated rings. The highest BCUT2D eigenvalue weighted by molar-refractivity contribution is 5.44. The van der Waals surface area contributed by atoms with E-state index in [0.717, 1.165) is 36.2 Å². The number of rotatable bonds is 5. The van der Waals surface area contributed by atoms with Crippen LogP contribution < -0.4 is 0 Å². The van der Waals surface area contributed by atoms with E-state index in [1.807, 2.05) is 20.8 Å². The third kappa shape index (κ3) is 36.4. The van der Waals surface area contributed by atoms with E-state index in [1.54, 1.807) is 6.07 Å². The minimum atomic E-state index is -0.780. The van der Waals surface area contributed by atoms with E-state index in [1.165, 1.54) is 38.7 Å². The zero-order valence-corrected chi connectivity index (χ0v) is 19.7. The van der Waals surface area contributed by atoms with Gasteiger partial charge < -0.3 is 4.79 Å². The summed E-state index contributed by atoms with van der Waals surface area (Å²) in [4.78, 5) is 8.81. The fourth-order valence-electron chi connectivity index (χ4n) is 1.56. The maximum absolute atomic E-state index is 12.4. The second-order valence-electron chi connectivity index (χ2n) is 6.96. The third-order valence-electron chi connectivity index (χ3n) is 2.78. The van der Waals surface area contributed by atoms with E-state index in [9.17, 15) is 8.78 Å². The molecule has 0 bridgehead atoms. The molecule has 0 saturated heterocycles. The Kier molecular flexibility index (Phi) is 33.3. The van der Waals surface area contributed by atoms with Gasteiger partial charge in [-0.15, -0.1) is 0 Å². The molecule has 0 aliphatic heterocycles. The van der Waals surface area contributed by atoms with E-state index >= 15 is 0 Å². The Morgan fingerprint density at radius 2 is 1.37 bits per heavy atom. The van der Waals surface area contributed by atoms with Crippen LogP contribution >= 0.6 is 0 Å². The molecule has 1 rings (SSSR count). The maximum Gasteiger partial charge on any atom is 0.159 e. The molecule has 1 aromatic rings. The predicted octanol–water partition coefficient (Wildman–Crippen LogP) is 8.64. The number of benzene rings is 1. The summed E-state index contributed by atoms with van der Waals surface area (Å²) < 4.78 is 24.7. The predicted molar refractivity (Wildman–Crippen MR) is 118 cm³/mol. The highest BCUT2D eigenvalue weighted by Gasteiger charge is 1.99. The summed E-state index contributed by atoms with van der Waals surface area (Å²) in [5, 5.41) is 0. The molecule has 0 aliphatic rings. The van der Waals surface area contributed by atoms with Crippen molar-refractivity contribution >= 4 is 6.29 Å². The molecule has 0 aliphatic carbocycles. The molecular weight excluding hydrogens is 342 g/mol. The quantitative estimate of drug-likeness (QED) is 0.364. The first kappa shape index (κ1) is 33.3. The van der Waals surface area contributed by atoms with Crippen molar-refractivity contribution in [3.63, 3.8) is 0 Å². The van der Waals surface area contributed by atoms with Gasteiger partial charge in [-0.25, -0.2) is 8.78 Å². The van der Waals surface area contributed by atoms with Gasteiger partial charge in [0.1, 0.15) is 6.29 Å². The van der Waals surface area contributed by atoms with Gasteiger partial charge >= 0.3 is 0 Å². The number of aryl methyl sites for hydroxylation is 1. The first-order valence-electron chi connectivity index (χ1n) is 10.5. The van der Waals surface area contributed by atoms with Crippen molar-refractivity contribution in [3.8, 4) is 0 Å². The number of carbonyl (C=O) groups is 1. The molecule has 0 heterocycles. The number of halogens is 2. The summed E-state index contributed by atoms with van der Waals surface area (Å²) in [7, 11) is 0. The van der Waals surface area contributed by atoms with Gasteiger partial charge in [-0.05, 0) is 42.9 Å². The first-order valence-corrected chi connectivity index (χ1v) is 10.5. The Bertz CT molecular complexity index is 399. The van der Waals surface area contributed by atoms with Crippen molar-refractivity contribution in [3.05, 3.63) is 35.4 Å². The molecule has 3 heteroatoms. The normalized spacial score (nSPS) is 8.81. The Hall–Kier alpha value is -1.25. The molecule has 27 heavy (non-hydrogen) atoms. The fourth-order valence-corrected chi connectivity index (χ4v) is 1.56. The molecule has 0 amide bonds. The van der Waals surface area contributed by atoms with Gasteiger partial charge in [-0.3, -0.25) is 0 Å². The van der Waals surface area contributed by atoms with Gasteiger partial charge in [-0.2, -0.15) is 0 Å². The monoisotopic (exact) mass is 388 g/mol. The second kappa shape index (κ2) is 27.0. The highest BCUT2D eigenvalue weighted by Crippen LogP contribution is 2.08. The zero-order chi connectivity index (χ0) is 22.3. The minimum Gasteiger partial charge on any atom is -0.304 e. The summed E-state index contributed by atoms with van der Waals surface area (Å²) in [5.74, 6) is 0.193. The average molecular weight is 389 g/mol. The van der Waals surface area contributed by atoms with Crippen LogP contribution in [-0.4, -0.2) is 6.29 Å². The van der Waals surface area contributed by atoms with Crippen LogP contribution in [0.15, 0.2) is 18.2 Å². The minimum absolute atomic E-state index is 0.733. The van der Waals surface area contributed by atoms with Crippen molar-refractivity contribution in [1.29, 1.82) is 0 Å². The maximum atomic E-state index is 12.4. The Labute approximate surface area is 169 Å². The standard InChI is InChI=1S/C8H8F2.C8H18.C4H10.C2H4O.C2H6/c1-2-6-3-4-7(9)8(10)5-6;1-4-5-6-7-8(2)3;1-4(2)3;1-2-3;1-2/h3-5H,2H2,1H3;8H,4-7H2,1-3H3;4H,1-3H3;2H,1H3;1-2H3. The lowest BCUT2D eigenvalue weighted by Crippen LogP contribution is -1.86. The van der Waals surface area contributed by atoms with Crippen LogP contribution in [0.1, 0.15) is 100 Å². The van der Waals surface area contributed by atoms with Crippen LogP contribution in [0.3, 0.4) is 0 Å². The van der Waals surface area contributed by atoms with Gasteiger partial charge in [0.2, 0.25) is 0 Å². The fraction of sp³-hybridized carbons (Fsp3) is 0.708. The zero-order valence-electron chi connectivity index (χ0n) is 19.7. The number of hydrogen-bond donors (Lipinski definition) is 0. The lowest BCUT2D eigenvalue weighted by atomic mass is 10.1. The molecule has 0 atom stereocenters. The topological polar surface area (TPSA) is 17.1 Å². The largest absolute Gasteiger partial charge is 0.304 e. The van der Waals surface area contributed by atoms with Crippen molar-refractivity contribution in [2.24, 2.45) is 11.8 Å². The molecule has 0 spiro atoms. The molecule has 0 aromatic heterocycles. The van der Waals surface area contributed by atoms with Gasteiger partial charge in [0, 0.05) is 0 Å². The molecule has 0 saturated carbocycles. The van der Waals surface area contributed by atoms with Crippen LogP contribution in [0.5, 0.6) is 0 Å². The van der Waals surface area contributed by atoms with Crippen LogP contribution in [-0.2, 0) is 11.2 Å². The number of aldehydes is 1. The number of hydrogen-bond acceptors (Lipinski definition) is 1. The highest BCUT2D eigenvalue weighted by atomic mass is 19.2. The van der Waals surface area contributed by atoms with Crippen LogP contribution in [0.2, 0.25) is 0 Å². The second-order valence-corrected chi connectivity index (χ2v) is 6.96. The van der Waals surface area contributed by atoms with E-state index in [2.05, 4.69) is 41.5 Å². The Balaban J connectivity index is -0.000000139. The average Bonchev–Trinajstić information content (AvgIpc) is 2.60. The van der Waals surface area contributed by atoms with Crippen LogP contribution in [0, 0.1) is 23.5 Å². The lowest BCUT2D eigenvalue weighted by Gasteiger charge is -2.00. The summed E-state index contributed by atoms with van der Waals surface area (Å²) in [5.41, 5.74) is 0.818. The van der Waals surface area contributed by atoms with Gasteiger partial charge in [-0.1, -0.05) is 94.1 Å². The van der Waals surface area contributed by atoms with Crippen molar-refractivity contribution < 1.29 is 13.6 Å².